The highest BCUT2D eigenvalue weighted by molar-refractivity contribution is 5.86. The zero-order valence-corrected chi connectivity index (χ0v) is 18.1. The minimum atomic E-state index is 0.531. The number of ether oxygens (including phenoxy) is 1. The number of aromatic nitrogens is 5. The Hall–Kier alpha value is -3.67. The number of benzene rings is 2. The lowest BCUT2D eigenvalue weighted by molar-refractivity contribution is 0.359. The van der Waals surface area contributed by atoms with Crippen LogP contribution >= 0.6 is 0 Å². The molecule has 0 unspecified atom stereocenters. The Balaban J connectivity index is 1.52. The summed E-state index contributed by atoms with van der Waals surface area (Å²) in [6, 6.07) is 14.9. The number of fused-ring (bicyclic) bond motifs is 2. The Labute approximate surface area is 186 Å². The molecule has 6 heteroatoms. The molecule has 6 nitrogen and oxygen atoms in total. The van der Waals surface area contributed by atoms with Gasteiger partial charge in [0.1, 0.15) is 11.4 Å². The summed E-state index contributed by atoms with van der Waals surface area (Å²) < 4.78 is 9.99. The molecule has 1 saturated carbocycles. The van der Waals surface area contributed by atoms with Gasteiger partial charge in [-0.1, -0.05) is 37.5 Å². The Bertz CT molecular complexity index is 1410. The van der Waals surface area contributed by atoms with Crippen LogP contribution in [0.1, 0.15) is 38.1 Å². The van der Waals surface area contributed by atoms with Crippen LogP contribution in [0.25, 0.3) is 39.2 Å². The summed E-state index contributed by atoms with van der Waals surface area (Å²) in [6.07, 6.45) is 14.2. The molecule has 0 N–H and O–H groups in total. The van der Waals surface area contributed by atoms with Gasteiger partial charge in [-0.25, -0.2) is 15.0 Å². The molecule has 0 amide bonds. The summed E-state index contributed by atoms with van der Waals surface area (Å²) in [4.78, 5) is 14.3. The smallest absolute Gasteiger partial charge is 0.163 e. The van der Waals surface area contributed by atoms with Gasteiger partial charge >= 0.3 is 0 Å². The van der Waals surface area contributed by atoms with Gasteiger partial charge in [-0.15, -0.1) is 0 Å². The number of hydrogen-bond donors (Lipinski definition) is 0. The molecule has 0 spiro atoms. The minimum Gasteiger partial charge on any atom is -0.496 e. The van der Waals surface area contributed by atoms with E-state index in [4.69, 9.17) is 9.72 Å². The molecule has 0 bridgehead atoms. The fraction of sp³-hybridized carbons (Fsp3) is 0.269. The summed E-state index contributed by atoms with van der Waals surface area (Å²) in [5.41, 5.74) is 6.75. The monoisotopic (exact) mass is 423 g/mol. The van der Waals surface area contributed by atoms with E-state index >= 15 is 0 Å². The van der Waals surface area contributed by atoms with Gasteiger partial charge in [0, 0.05) is 35.8 Å². The maximum absolute atomic E-state index is 5.59. The molecule has 0 atom stereocenters. The first-order valence-corrected chi connectivity index (χ1v) is 11.3. The number of hydrogen-bond acceptors (Lipinski definition) is 4. The lowest BCUT2D eigenvalue weighted by atomic mass is 9.95. The third-order valence-electron chi connectivity index (χ3n) is 6.57. The summed E-state index contributed by atoms with van der Waals surface area (Å²) in [5, 5.41) is 0. The van der Waals surface area contributed by atoms with E-state index in [9.17, 15) is 0 Å². The molecule has 1 aliphatic carbocycles. The number of imidazole rings is 2. The summed E-state index contributed by atoms with van der Waals surface area (Å²) in [6.45, 7) is 0. The predicted octanol–water partition coefficient (Wildman–Crippen LogP) is 5.93. The van der Waals surface area contributed by atoms with Crippen molar-refractivity contribution < 1.29 is 4.74 Å². The topological polar surface area (TPSA) is 57.2 Å². The van der Waals surface area contributed by atoms with Crippen molar-refractivity contribution in [3.63, 3.8) is 0 Å². The number of methoxy groups -OCH3 is 1. The van der Waals surface area contributed by atoms with Gasteiger partial charge in [-0.05, 0) is 37.1 Å². The van der Waals surface area contributed by atoms with Gasteiger partial charge in [-0.3, -0.25) is 0 Å². The Morgan fingerprint density at radius 3 is 2.75 bits per heavy atom. The predicted molar refractivity (Wildman–Crippen MR) is 126 cm³/mol. The van der Waals surface area contributed by atoms with Gasteiger partial charge in [-0.2, -0.15) is 0 Å². The van der Waals surface area contributed by atoms with Crippen LogP contribution in [0.5, 0.6) is 5.75 Å². The standard InChI is InChI=1S/C26H25N5O/c1-32-24-10-6-5-9-20(24)22-16-30-14-13-27-26(30)25(29-22)18-11-12-21-23(15-18)31(17-28-21)19-7-3-2-4-8-19/h5-6,9-17,19H,2-4,7-8H2,1H3. The SMILES string of the molecule is COc1ccccc1-c1cn2ccnc2c(-c2ccc3ncn(C4CCCCC4)c3c2)n1. The average Bonchev–Trinajstić information content (AvgIpc) is 3.50. The Kier molecular flexibility index (Phi) is 4.63. The van der Waals surface area contributed by atoms with Crippen LogP contribution in [0, 0.1) is 0 Å². The van der Waals surface area contributed by atoms with Crippen molar-refractivity contribution in [3.8, 4) is 28.3 Å². The largest absolute Gasteiger partial charge is 0.496 e. The lowest BCUT2D eigenvalue weighted by Crippen LogP contribution is -2.11. The van der Waals surface area contributed by atoms with E-state index in [0.717, 1.165) is 39.4 Å². The second kappa shape index (κ2) is 7.79. The maximum atomic E-state index is 5.59. The molecule has 0 radical (unpaired) electrons. The van der Waals surface area contributed by atoms with Crippen molar-refractivity contribution in [1.29, 1.82) is 0 Å². The highest BCUT2D eigenvalue weighted by Crippen LogP contribution is 2.34. The normalized spacial score (nSPS) is 14.9. The van der Waals surface area contributed by atoms with Gasteiger partial charge in [0.2, 0.25) is 0 Å². The van der Waals surface area contributed by atoms with Crippen molar-refractivity contribution in [2.75, 3.05) is 7.11 Å². The first-order chi connectivity index (χ1) is 15.8. The number of para-hydroxylation sites is 1. The van der Waals surface area contributed by atoms with Crippen LogP contribution in [0.2, 0.25) is 0 Å². The number of rotatable bonds is 4. The van der Waals surface area contributed by atoms with Crippen molar-refractivity contribution >= 4 is 16.7 Å². The molecular weight excluding hydrogens is 398 g/mol. The van der Waals surface area contributed by atoms with E-state index in [1.165, 1.54) is 37.6 Å². The highest BCUT2D eigenvalue weighted by atomic mass is 16.5. The first-order valence-electron chi connectivity index (χ1n) is 11.3. The second-order valence-electron chi connectivity index (χ2n) is 8.48. The Morgan fingerprint density at radius 2 is 1.88 bits per heavy atom. The van der Waals surface area contributed by atoms with Crippen molar-refractivity contribution in [3.05, 3.63) is 67.4 Å². The van der Waals surface area contributed by atoms with Crippen LogP contribution in [0.3, 0.4) is 0 Å². The molecule has 0 saturated heterocycles. The van der Waals surface area contributed by atoms with Gasteiger partial charge in [0.25, 0.3) is 0 Å². The van der Waals surface area contributed by atoms with Crippen molar-refractivity contribution in [2.24, 2.45) is 0 Å². The van der Waals surface area contributed by atoms with Gasteiger partial charge in [0.05, 0.1) is 30.2 Å². The molecule has 32 heavy (non-hydrogen) atoms. The van der Waals surface area contributed by atoms with Crippen LogP contribution < -0.4 is 4.74 Å². The van der Waals surface area contributed by atoms with E-state index in [1.54, 1.807) is 7.11 Å². The molecule has 3 heterocycles. The molecule has 6 rings (SSSR count). The van der Waals surface area contributed by atoms with Crippen molar-refractivity contribution in [2.45, 2.75) is 38.1 Å². The summed E-state index contributed by atoms with van der Waals surface area (Å²) in [7, 11) is 1.69. The highest BCUT2D eigenvalue weighted by Gasteiger charge is 2.19. The molecule has 2 aromatic carbocycles. The third kappa shape index (κ3) is 3.14. The van der Waals surface area contributed by atoms with E-state index in [2.05, 4.69) is 32.7 Å². The molecule has 1 aliphatic rings. The molecule has 160 valence electrons. The van der Waals surface area contributed by atoms with E-state index in [0.29, 0.717) is 6.04 Å². The number of nitrogens with zero attached hydrogens (tertiary/aromatic N) is 5. The van der Waals surface area contributed by atoms with E-state index < -0.39 is 0 Å². The molecule has 5 aromatic rings. The quantitative estimate of drug-likeness (QED) is 0.360. The average molecular weight is 424 g/mol. The zero-order chi connectivity index (χ0) is 21.5. The van der Waals surface area contributed by atoms with Crippen LogP contribution in [-0.2, 0) is 0 Å². The van der Waals surface area contributed by atoms with Crippen LogP contribution in [-0.4, -0.2) is 31.0 Å². The molecular formula is C26H25N5O. The van der Waals surface area contributed by atoms with E-state index in [-0.39, 0.29) is 0 Å². The fourth-order valence-corrected chi connectivity index (χ4v) is 4.93. The second-order valence-corrected chi connectivity index (χ2v) is 8.48. The van der Waals surface area contributed by atoms with Crippen molar-refractivity contribution in [1.82, 2.24) is 23.9 Å². The van der Waals surface area contributed by atoms with Gasteiger partial charge < -0.3 is 13.7 Å². The summed E-state index contributed by atoms with van der Waals surface area (Å²) in [5.74, 6) is 0.802. The zero-order valence-electron chi connectivity index (χ0n) is 18.1. The lowest BCUT2D eigenvalue weighted by Gasteiger charge is -2.23. The maximum Gasteiger partial charge on any atom is 0.163 e. The molecule has 1 fully saturated rings. The summed E-state index contributed by atoms with van der Waals surface area (Å²) >= 11 is 0. The van der Waals surface area contributed by atoms with Gasteiger partial charge in [0.15, 0.2) is 5.65 Å². The third-order valence-corrected chi connectivity index (χ3v) is 6.57. The van der Waals surface area contributed by atoms with Crippen LogP contribution in [0.4, 0.5) is 0 Å². The minimum absolute atomic E-state index is 0.531. The van der Waals surface area contributed by atoms with E-state index in [1.807, 2.05) is 53.6 Å². The molecule has 3 aromatic heterocycles. The first kappa shape index (κ1) is 19.0. The molecule has 0 aliphatic heterocycles. The Morgan fingerprint density at radius 1 is 1.00 bits per heavy atom. The van der Waals surface area contributed by atoms with Crippen LogP contribution in [0.15, 0.2) is 67.4 Å². The fourth-order valence-electron chi connectivity index (χ4n) is 4.93.